The highest BCUT2D eigenvalue weighted by molar-refractivity contribution is 5.95. The summed E-state index contributed by atoms with van der Waals surface area (Å²) in [5.74, 6) is 5.54. The molecule has 4 nitrogen and oxygen atoms in total. The molecule has 0 radical (unpaired) electrons. The van der Waals surface area contributed by atoms with E-state index >= 15 is 0 Å². The SMILES string of the molecule is CCc1ccccc1N(CC)/C(N)=N/N. The fraction of sp³-hybridized carbons (Fsp3) is 0.364. The molecule has 0 bridgehead atoms. The second kappa shape index (κ2) is 5.24. The predicted octanol–water partition coefficient (Wildman–Crippen LogP) is 1.26. The van der Waals surface area contributed by atoms with Crippen molar-refractivity contribution in [1.82, 2.24) is 0 Å². The minimum Gasteiger partial charge on any atom is -0.368 e. The van der Waals surface area contributed by atoms with E-state index in [4.69, 9.17) is 11.6 Å². The van der Waals surface area contributed by atoms with Crippen LogP contribution in [-0.4, -0.2) is 12.5 Å². The van der Waals surface area contributed by atoms with E-state index < -0.39 is 0 Å². The molecular formula is C11H18N4. The monoisotopic (exact) mass is 206 g/mol. The van der Waals surface area contributed by atoms with Crippen LogP contribution in [0.5, 0.6) is 0 Å². The number of rotatable bonds is 3. The van der Waals surface area contributed by atoms with Gasteiger partial charge in [-0.2, -0.15) is 0 Å². The Morgan fingerprint density at radius 1 is 1.33 bits per heavy atom. The van der Waals surface area contributed by atoms with Crippen LogP contribution in [0.1, 0.15) is 19.4 Å². The summed E-state index contributed by atoms with van der Waals surface area (Å²) in [6.45, 7) is 4.89. The average molecular weight is 206 g/mol. The summed E-state index contributed by atoms with van der Waals surface area (Å²) < 4.78 is 0. The smallest absolute Gasteiger partial charge is 0.217 e. The van der Waals surface area contributed by atoms with E-state index in [1.54, 1.807) is 0 Å². The van der Waals surface area contributed by atoms with E-state index in [0.717, 1.165) is 18.7 Å². The minimum absolute atomic E-state index is 0.346. The standard InChI is InChI=1S/C11H18N4/c1-3-9-7-5-6-8-10(9)15(4-2)11(12)14-13/h5-8H,3-4,13H2,1-2H3,(H2,12,14). The quantitative estimate of drug-likeness (QED) is 0.338. The van der Waals surface area contributed by atoms with E-state index in [1.807, 2.05) is 30.0 Å². The van der Waals surface area contributed by atoms with Gasteiger partial charge >= 0.3 is 0 Å². The van der Waals surface area contributed by atoms with Gasteiger partial charge in [-0.15, -0.1) is 5.10 Å². The van der Waals surface area contributed by atoms with Crippen molar-refractivity contribution in [1.29, 1.82) is 0 Å². The summed E-state index contributed by atoms with van der Waals surface area (Å²) in [7, 11) is 0. The molecule has 0 aromatic heterocycles. The number of benzene rings is 1. The zero-order chi connectivity index (χ0) is 11.3. The largest absolute Gasteiger partial charge is 0.368 e. The number of hydrogen-bond donors (Lipinski definition) is 2. The Kier molecular flexibility index (Phi) is 3.97. The molecule has 0 unspecified atom stereocenters. The van der Waals surface area contributed by atoms with Gasteiger partial charge in [-0.25, -0.2) is 0 Å². The lowest BCUT2D eigenvalue weighted by Crippen LogP contribution is -2.38. The number of nitrogens with two attached hydrogens (primary N) is 2. The zero-order valence-electron chi connectivity index (χ0n) is 9.27. The van der Waals surface area contributed by atoms with Crippen LogP contribution in [0.15, 0.2) is 29.4 Å². The maximum atomic E-state index is 5.73. The lowest BCUT2D eigenvalue weighted by atomic mass is 10.1. The van der Waals surface area contributed by atoms with Gasteiger partial charge in [-0.05, 0) is 25.0 Å². The summed E-state index contributed by atoms with van der Waals surface area (Å²) in [6.07, 6.45) is 0.963. The molecule has 0 fully saturated rings. The van der Waals surface area contributed by atoms with Crippen LogP contribution in [0.3, 0.4) is 0 Å². The molecule has 0 aliphatic rings. The Bertz CT molecular complexity index is 346. The highest BCUT2D eigenvalue weighted by Gasteiger charge is 2.11. The third kappa shape index (κ3) is 2.40. The summed E-state index contributed by atoms with van der Waals surface area (Å²) in [6, 6.07) is 8.12. The fourth-order valence-electron chi connectivity index (χ4n) is 1.60. The topological polar surface area (TPSA) is 67.6 Å². The van der Waals surface area contributed by atoms with Crippen LogP contribution in [0.25, 0.3) is 0 Å². The average Bonchev–Trinajstić information content (AvgIpc) is 2.30. The van der Waals surface area contributed by atoms with Crippen molar-refractivity contribution >= 4 is 11.6 Å². The van der Waals surface area contributed by atoms with Gasteiger partial charge in [0, 0.05) is 12.2 Å². The molecule has 15 heavy (non-hydrogen) atoms. The summed E-state index contributed by atoms with van der Waals surface area (Å²) in [5, 5.41) is 3.53. The molecule has 1 aromatic rings. The summed E-state index contributed by atoms with van der Waals surface area (Å²) in [5.41, 5.74) is 8.05. The minimum atomic E-state index is 0.346. The van der Waals surface area contributed by atoms with Crippen LogP contribution in [0, 0.1) is 0 Å². The van der Waals surface area contributed by atoms with Gasteiger partial charge in [0.25, 0.3) is 0 Å². The lowest BCUT2D eigenvalue weighted by molar-refractivity contribution is 0.999. The van der Waals surface area contributed by atoms with Crippen LogP contribution in [0.4, 0.5) is 5.69 Å². The van der Waals surface area contributed by atoms with Crippen LogP contribution in [0.2, 0.25) is 0 Å². The molecule has 0 atom stereocenters. The number of aryl methyl sites for hydroxylation is 1. The van der Waals surface area contributed by atoms with Gasteiger partial charge in [0.2, 0.25) is 5.96 Å². The molecule has 82 valence electrons. The predicted molar refractivity (Wildman–Crippen MR) is 64.6 cm³/mol. The second-order valence-electron chi connectivity index (χ2n) is 3.21. The fourth-order valence-corrected chi connectivity index (χ4v) is 1.60. The van der Waals surface area contributed by atoms with Crippen molar-refractivity contribution in [3.8, 4) is 0 Å². The molecule has 4 N–H and O–H groups in total. The molecule has 1 aromatic carbocycles. The van der Waals surface area contributed by atoms with E-state index in [9.17, 15) is 0 Å². The first kappa shape index (κ1) is 11.4. The van der Waals surface area contributed by atoms with Crippen LogP contribution in [-0.2, 0) is 6.42 Å². The number of nitrogens with zero attached hydrogens (tertiary/aromatic N) is 2. The van der Waals surface area contributed by atoms with Gasteiger partial charge in [0.1, 0.15) is 0 Å². The van der Waals surface area contributed by atoms with Gasteiger partial charge in [0.15, 0.2) is 0 Å². The van der Waals surface area contributed by atoms with Crippen molar-refractivity contribution < 1.29 is 0 Å². The van der Waals surface area contributed by atoms with Crippen LogP contribution >= 0.6 is 0 Å². The van der Waals surface area contributed by atoms with Gasteiger partial charge in [-0.1, -0.05) is 25.1 Å². The first-order chi connectivity index (χ1) is 7.24. The number of hydrogen-bond acceptors (Lipinski definition) is 2. The number of hydrazone groups is 1. The van der Waals surface area contributed by atoms with Gasteiger partial charge in [-0.3, -0.25) is 0 Å². The van der Waals surface area contributed by atoms with Gasteiger partial charge < -0.3 is 16.5 Å². The van der Waals surface area contributed by atoms with Crippen molar-refractivity contribution in [2.45, 2.75) is 20.3 Å². The highest BCUT2D eigenvalue weighted by atomic mass is 15.3. The molecule has 0 amide bonds. The van der Waals surface area contributed by atoms with E-state index in [1.165, 1.54) is 5.56 Å². The maximum Gasteiger partial charge on any atom is 0.217 e. The number of anilines is 1. The Morgan fingerprint density at radius 3 is 2.53 bits per heavy atom. The first-order valence-corrected chi connectivity index (χ1v) is 5.13. The normalized spacial score (nSPS) is 11.5. The maximum absolute atomic E-state index is 5.73. The van der Waals surface area contributed by atoms with Crippen molar-refractivity contribution in [3.63, 3.8) is 0 Å². The van der Waals surface area contributed by atoms with Crippen molar-refractivity contribution in [2.24, 2.45) is 16.7 Å². The Balaban J connectivity index is 3.11. The molecular weight excluding hydrogens is 188 g/mol. The third-order valence-corrected chi connectivity index (χ3v) is 2.39. The summed E-state index contributed by atoms with van der Waals surface area (Å²) in [4.78, 5) is 1.90. The van der Waals surface area contributed by atoms with E-state index in [2.05, 4.69) is 18.1 Å². The molecule has 0 aliphatic heterocycles. The highest BCUT2D eigenvalue weighted by Crippen LogP contribution is 2.20. The Hall–Kier alpha value is -1.71. The molecule has 0 saturated carbocycles. The molecule has 4 heteroatoms. The van der Waals surface area contributed by atoms with Crippen molar-refractivity contribution in [2.75, 3.05) is 11.4 Å². The molecule has 0 spiro atoms. The third-order valence-electron chi connectivity index (χ3n) is 2.39. The van der Waals surface area contributed by atoms with Gasteiger partial charge in [0.05, 0.1) is 0 Å². The summed E-state index contributed by atoms with van der Waals surface area (Å²) >= 11 is 0. The molecule has 0 heterocycles. The molecule has 0 saturated heterocycles. The Morgan fingerprint density at radius 2 is 2.00 bits per heavy atom. The van der Waals surface area contributed by atoms with E-state index in [-0.39, 0.29) is 0 Å². The van der Waals surface area contributed by atoms with Crippen molar-refractivity contribution in [3.05, 3.63) is 29.8 Å². The molecule has 1 rings (SSSR count). The number of para-hydroxylation sites is 1. The first-order valence-electron chi connectivity index (χ1n) is 5.13. The zero-order valence-corrected chi connectivity index (χ0v) is 9.27. The Labute approximate surface area is 90.6 Å². The molecule has 0 aliphatic carbocycles. The number of guanidine groups is 1. The lowest BCUT2D eigenvalue weighted by Gasteiger charge is -2.23. The van der Waals surface area contributed by atoms with Crippen LogP contribution < -0.4 is 16.5 Å². The van der Waals surface area contributed by atoms with E-state index in [0.29, 0.717) is 5.96 Å². The second-order valence-corrected chi connectivity index (χ2v) is 3.21.